The Labute approximate surface area is 167 Å². The van der Waals surface area contributed by atoms with Crippen LogP contribution in [0.1, 0.15) is 5.56 Å². The summed E-state index contributed by atoms with van der Waals surface area (Å²) in [5.74, 6) is -0.303. The molecule has 1 atom stereocenters. The average Bonchev–Trinajstić information content (AvgIpc) is 2.67. The minimum Gasteiger partial charge on any atom is -0.337 e. The molecule has 4 nitrogen and oxygen atoms in total. The lowest BCUT2D eigenvalue weighted by Gasteiger charge is -2.25. The Hall–Kier alpha value is -2.51. The maximum atomic E-state index is 13.2. The molecule has 0 N–H and O–H groups in total. The molecule has 0 aliphatic rings. The molecule has 0 amide bonds. The Morgan fingerprint density at radius 2 is 1.36 bits per heavy atom. The molecule has 0 aliphatic carbocycles. The highest BCUT2D eigenvalue weighted by Crippen LogP contribution is 2.29. The number of sulfone groups is 1. The number of benzene rings is 3. The Morgan fingerprint density at radius 1 is 0.857 bits per heavy atom. The van der Waals surface area contributed by atoms with Crippen LogP contribution in [-0.2, 0) is 27.2 Å². The third-order valence-electron chi connectivity index (χ3n) is 4.31. The highest BCUT2D eigenvalue weighted by Gasteiger charge is 2.13. The Balaban J connectivity index is 2.00. The van der Waals surface area contributed by atoms with Crippen LogP contribution in [-0.4, -0.2) is 25.1 Å². The molecule has 0 fully saturated rings. The normalized spacial score (nSPS) is 12.5. The fraction of sp³-hybridized carbons (Fsp3) is 0.143. The van der Waals surface area contributed by atoms with E-state index >= 15 is 0 Å². The third-order valence-corrected chi connectivity index (χ3v) is 6.38. The van der Waals surface area contributed by atoms with Crippen LogP contribution in [0, 0.1) is 5.82 Å². The van der Waals surface area contributed by atoms with E-state index in [1.807, 2.05) is 17.0 Å². The first-order valence-corrected chi connectivity index (χ1v) is 11.9. The Bertz CT molecular complexity index is 1080. The van der Waals surface area contributed by atoms with E-state index in [2.05, 4.69) is 0 Å². The van der Waals surface area contributed by atoms with Gasteiger partial charge in [-0.2, -0.15) is 0 Å². The largest absolute Gasteiger partial charge is 0.337 e. The quantitative estimate of drug-likeness (QED) is 0.600. The van der Waals surface area contributed by atoms with E-state index < -0.39 is 20.6 Å². The molecule has 3 rings (SSSR count). The van der Waals surface area contributed by atoms with Crippen LogP contribution in [0.5, 0.6) is 0 Å². The van der Waals surface area contributed by atoms with Gasteiger partial charge in [-0.3, -0.25) is 4.21 Å². The lowest BCUT2D eigenvalue weighted by Crippen LogP contribution is -2.16. The van der Waals surface area contributed by atoms with Gasteiger partial charge < -0.3 is 4.90 Å². The second-order valence-electron chi connectivity index (χ2n) is 6.43. The van der Waals surface area contributed by atoms with Crippen molar-refractivity contribution in [1.29, 1.82) is 0 Å². The third kappa shape index (κ3) is 4.85. The summed E-state index contributed by atoms with van der Waals surface area (Å²) < 4.78 is 48.4. The lowest BCUT2D eigenvalue weighted by atomic mass is 10.1. The van der Waals surface area contributed by atoms with Gasteiger partial charge in [0.05, 0.1) is 4.90 Å². The van der Waals surface area contributed by atoms with Gasteiger partial charge in [-0.25, -0.2) is 12.8 Å². The predicted octanol–water partition coefficient (Wildman–Crippen LogP) is 4.30. The van der Waals surface area contributed by atoms with Crippen LogP contribution >= 0.6 is 0 Å². The summed E-state index contributed by atoms with van der Waals surface area (Å²) in [4.78, 5) is 2.95. The maximum absolute atomic E-state index is 13.2. The standard InChI is InChI=1S/C21H20FNO3S2/c1-27(24)20-11-7-18(8-12-20)23(15-16-3-5-17(22)6-4-16)19-9-13-21(14-10-19)28(2,25)26/h3-14H,15H2,1-2H3. The van der Waals surface area contributed by atoms with Crippen molar-refractivity contribution in [3.63, 3.8) is 0 Å². The molecule has 3 aromatic carbocycles. The van der Waals surface area contributed by atoms with Crippen LogP contribution in [0.15, 0.2) is 82.6 Å². The molecular formula is C21H20FNO3S2. The van der Waals surface area contributed by atoms with Crippen LogP contribution in [0.2, 0.25) is 0 Å². The highest BCUT2D eigenvalue weighted by molar-refractivity contribution is 7.90. The fourth-order valence-corrected chi connectivity index (χ4v) is 3.94. The van der Waals surface area contributed by atoms with Gasteiger partial charge in [-0.05, 0) is 66.2 Å². The van der Waals surface area contributed by atoms with Crippen molar-refractivity contribution in [2.75, 3.05) is 17.4 Å². The minimum atomic E-state index is -3.28. The molecule has 1 unspecified atom stereocenters. The second-order valence-corrected chi connectivity index (χ2v) is 9.82. The van der Waals surface area contributed by atoms with Gasteiger partial charge in [-0.1, -0.05) is 12.1 Å². The molecule has 3 aromatic rings. The first-order chi connectivity index (χ1) is 13.2. The van der Waals surface area contributed by atoms with Gasteiger partial charge in [0.1, 0.15) is 5.82 Å². The van der Waals surface area contributed by atoms with Crippen molar-refractivity contribution in [2.24, 2.45) is 0 Å². The number of halogens is 1. The van der Waals surface area contributed by atoms with Crippen molar-refractivity contribution >= 4 is 32.0 Å². The second kappa shape index (κ2) is 8.24. The van der Waals surface area contributed by atoms with Gasteiger partial charge in [-0.15, -0.1) is 0 Å². The molecule has 0 radical (unpaired) electrons. The molecule has 0 saturated carbocycles. The molecule has 0 aromatic heterocycles. The zero-order valence-electron chi connectivity index (χ0n) is 15.5. The zero-order chi connectivity index (χ0) is 20.3. The Morgan fingerprint density at radius 3 is 1.82 bits per heavy atom. The molecule has 7 heteroatoms. The van der Waals surface area contributed by atoms with E-state index in [9.17, 15) is 17.0 Å². The highest BCUT2D eigenvalue weighted by atomic mass is 32.2. The summed E-state index contributed by atoms with van der Waals surface area (Å²) in [6.07, 6.45) is 2.79. The van der Waals surface area contributed by atoms with Gasteiger partial charge in [0, 0.05) is 46.1 Å². The van der Waals surface area contributed by atoms with Gasteiger partial charge in [0.2, 0.25) is 0 Å². The maximum Gasteiger partial charge on any atom is 0.175 e. The molecule has 28 heavy (non-hydrogen) atoms. The summed E-state index contributed by atoms with van der Waals surface area (Å²) in [5.41, 5.74) is 2.55. The van der Waals surface area contributed by atoms with Crippen molar-refractivity contribution in [2.45, 2.75) is 16.3 Å². The van der Waals surface area contributed by atoms with Gasteiger partial charge in [0.25, 0.3) is 0 Å². The smallest absolute Gasteiger partial charge is 0.175 e. The number of hydrogen-bond donors (Lipinski definition) is 0. The summed E-state index contributed by atoms with van der Waals surface area (Å²) >= 11 is 0. The molecule has 0 aliphatic heterocycles. The monoisotopic (exact) mass is 417 g/mol. The van der Waals surface area contributed by atoms with E-state index in [0.29, 0.717) is 6.54 Å². The molecule has 0 spiro atoms. The number of hydrogen-bond acceptors (Lipinski definition) is 4. The molecule has 0 saturated heterocycles. The van der Waals surface area contributed by atoms with E-state index in [0.717, 1.165) is 21.8 Å². The molecule has 146 valence electrons. The summed E-state index contributed by atoms with van der Waals surface area (Å²) in [7, 11) is -4.36. The van der Waals surface area contributed by atoms with Crippen LogP contribution < -0.4 is 4.90 Å². The first-order valence-electron chi connectivity index (χ1n) is 8.49. The number of nitrogens with zero attached hydrogens (tertiary/aromatic N) is 1. The molecule has 0 bridgehead atoms. The first kappa shape index (κ1) is 20.2. The summed E-state index contributed by atoms with van der Waals surface area (Å²) in [6, 6.07) is 20.2. The van der Waals surface area contributed by atoms with Gasteiger partial charge in [0.15, 0.2) is 9.84 Å². The van der Waals surface area contributed by atoms with E-state index in [1.165, 1.54) is 18.4 Å². The van der Waals surface area contributed by atoms with Crippen molar-refractivity contribution in [1.82, 2.24) is 0 Å². The average molecular weight is 418 g/mol. The number of rotatable bonds is 6. The van der Waals surface area contributed by atoms with Crippen molar-refractivity contribution < 1.29 is 17.0 Å². The number of anilines is 2. The molecular weight excluding hydrogens is 397 g/mol. The topological polar surface area (TPSA) is 54.5 Å². The van der Waals surface area contributed by atoms with Crippen molar-refractivity contribution in [3.05, 3.63) is 84.2 Å². The summed E-state index contributed by atoms with van der Waals surface area (Å²) in [6.45, 7) is 0.465. The van der Waals surface area contributed by atoms with E-state index in [-0.39, 0.29) is 10.7 Å². The molecule has 0 heterocycles. The van der Waals surface area contributed by atoms with Crippen LogP contribution in [0.3, 0.4) is 0 Å². The lowest BCUT2D eigenvalue weighted by molar-refractivity contribution is 0.602. The fourth-order valence-electron chi connectivity index (χ4n) is 2.80. The van der Waals surface area contributed by atoms with Gasteiger partial charge >= 0.3 is 0 Å². The van der Waals surface area contributed by atoms with Crippen molar-refractivity contribution in [3.8, 4) is 0 Å². The van der Waals surface area contributed by atoms with E-state index in [1.54, 1.807) is 54.8 Å². The minimum absolute atomic E-state index is 0.245. The predicted molar refractivity (Wildman–Crippen MR) is 111 cm³/mol. The zero-order valence-corrected chi connectivity index (χ0v) is 17.1. The Kier molecular flexibility index (Phi) is 5.96. The van der Waals surface area contributed by atoms with E-state index in [4.69, 9.17) is 0 Å². The SMILES string of the molecule is CS(=O)c1ccc(N(Cc2ccc(F)cc2)c2ccc(S(C)(=O)=O)cc2)cc1. The van der Waals surface area contributed by atoms with Crippen LogP contribution in [0.25, 0.3) is 0 Å². The van der Waals surface area contributed by atoms with Crippen LogP contribution in [0.4, 0.5) is 15.8 Å². The summed E-state index contributed by atoms with van der Waals surface area (Å²) in [5, 5.41) is 0.